The van der Waals surface area contributed by atoms with Crippen LogP contribution in [-0.2, 0) is 0 Å². The Hall–Kier alpha value is -1.36. The molecule has 1 saturated heterocycles. The van der Waals surface area contributed by atoms with Crippen LogP contribution in [0.2, 0.25) is 0 Å². The van der Waals surface area contributed by atoms with Crippen LogP contribution in [-0.4, -0.2) is 42.3 Å². The summed E-state index contributed by atoms with van der Waals surface area (Å²) < 4.78 is 5.24. The van der Waals surface area contributed by atoms with E-state index >= 15 is 0 Å². The molecule has 0 bridgehead atoms. The third-order valence-electron chi connectivity index (χ3n) is 3.85. The number of nitrogens with zero attached hydrogens (tertiary/aromatic N) is 3. The van der Waals surface area contributed by atoms with E-state index in [-0.39, 0.29) is 5.54 Å². The van der Waals surface area contributed by atoms with Crippen molar-refractivity contribution in [1.29, 1.82) is 0 Å². The molecular formula is C16H28N4O. The third kappa shape index (κ3) is 4.84. The van der Waals surface area contributed by atoms with Gasteiger partial charge in [0.25, 0.3) is 0 Å². The molecule has 0 amide bonds. The van der Waals surface area contributed by atoms with Gasteiger partial charge in [-0.15, -0.1) is 0 Å². The number of piperidine rings is 1. The maximum Gasteiger partial charge on any atom is 0.228 e. The molecule has 2 heterocycles. The normalized spacial score (nSPS) is 17.1. The highest BCUT2D eigenvalue weighted by molar-refractivity contribution is 5.34. The van der Waals surface area contributed by atoms with Crippen molar-refractivity contribution in [3.8, 4) is 5.88 Å². The van der Waals surface area contributed by atoms with Crippen LogP contribution >= 0.6 is 0 Å². The Morgan fingerprint density at radius 1 is 1.29 bits per heavy atom. The van der Waals surface area contributed by atoms with E-state index in [4.69, 9.17) is 4.74 Å². The topological polar surface area (TPSA) is 50.3 Å². The maximum absolute atomic E-state index is 5.24. The van der Waals surface area contributed by atoms with Crippen molar-refractivity contribution in [3.63, 3.8) is 0 Å². The lowest BCUT2D eigenvalue weighted by Gasteiger charge is -2.34. The van der Waals surface area contributed by atoms with Crippen molar-refractivity contribution in [2.24, 2.45) is 5.92 Å². The van der Waals surface area contributed by atoms with E-state index in [2.05, 4.69) is 41.0 Å². The van der Waals surface area contributed by atoms with Gasteiger partial charge in [-0.1, -0.05) is 0 Å². The Morgan fingerprint density at radius 3 is 2.52 bits per heavy atom. The first-order valence-corrected chi connectivity index (χ1v) is 7.77. The quantitative estimate of drug-likeness (QED) is 0.923. The zero-order valence-corrected chi connectivity index (χ0v) is 13.9. The molecule has 1 aromatic heterocycles. The van der Waals surface area contributed by atoms with Gasteiger partial charge in [0.05, 0.1) is 7.11 Å². The average molecular weight is 292 g/mol. The molecule has 0 saturated carbocycles. The lowest BCUT2D eigenvalue weighted by atomic mass is 9.95. The van der Waals surface area contributed by atoms with Gasteiger partial charge < -0.3 is 15.0 Å². The highest BCUT2D eigenvalue weighted by Gasteiger charge is 2.22. The Morgan fingerprint density at radius 2 is 1.95 bits per heavy atom. The number of rotatable bonds is 4. The van der Waals surface area contributed by atoms with Crippen LogP contribution in [0.15, 0.2) is 6.07 Å². The molecular weight excluding hydrogens is 264 g/mol. The van der Waals surface area contributed by atoms with E-state index in [9.17, 15) is 0 Å². The molecule has 1 aliphatic rings. The second-order valence-corrected chi connectivity index (χ2v) is 6.91. The Kier molecular flexibility index (Phi) is 5.04. The summed E-state index contributed by atoms with van der Waals surface area (Å²) in [7, 11) is 1.65. The predicted octanol–water partition coefficient (Wildman–Crippen LogP) is 2.40. The monoisotopic (exact) mass is 292 g/mol. The summed E-state index contributed by atoms with van der Waals surface area (Å²) in [6, 6.07) is 1.86. The standard InChI is InChI=1S/C16H28N4O/c1-12-10-14(21-5)19-15(18-12)20-8-6-13(7-9-20)11-17-16(2,3)4/h10,13,17H,6-9,11H2,1-5H3. The fourth-order valence-corrected chi connectivity index (χ4v) is 2.56. The summed E-state index contributed by atoms with van der Waals surface area (Å²) in [5.74, 6) is 2.19. The lowest BCUT2D eigenvalue weighted by molar-refractivity contribution is 0.327. The van der Waals surface area contributed by atoms with Crippen LogP contribution in [0.3, 0.4) is 0 Å². The van der Waals surface area contributed by atoms with Crippen molar-refractivity contribution in [2.45, 2.75) is 46.1 Å². The van der Waals surface area contributed by atoms with Crippen LogP contribution in [0, 0.1) is 12.8 Å². The van der Waals surface area contributed by atoms with Gasteiger partial charge in [0.1, 0.15) is 0 Å². The van der Waals surface area contributed by atoms with Gasteiger partial charge >= 0.3 is 0 Å². The van der Waals surface area contributed by atoms with E-state index in [1.165, 1.54) is 12.8 Å². The first-order valence-electron chi connectivity index (χ1n) is 7.77. The summed E-state index contributed by atoms with van der Waals surface area (Å²) in [5, 5.41) is 3.60. The SMILES string of the molecule is COc1cc(C)nc(N2CCC(CNC(C)(C)C)CC2)n1. The Balaban J connectivity index is 1.90. The first kappa shape index (κ1) is 16.0. The molecule has 21 heavy (non-hydrogen) atoms. The van der Waals surface area contributed by atoms with Crippen molar-refractivity contribution < 1.29 is 4.74 Å². The molecule has 0 unspecified atom stereocenters. The minimum Gasteiger partial charge on any atom is -0.481 e. The van der Waals surface area contributed by atoms with Gasteiger partial charge in [-0.3, -0.25) is 0 Å². The van der Waals surface area contributed by atoms with Crippen molar-refractivity contribution in [2.75, 3.05) is 31.6 Å². The minimum atomic E-state index is 0.199. The van der Waals surface area contributed by atoms with E-state index in [0.29, 0.717) is 5.88 Å². The second-order valence-electron chi connectivity index (χ2n) is 6.91. The van der Waals surface area contributed by atoms with Gasteiger partial charge in [0, 0.05) is 30.4 Å². The molecule has 0 spiro atoms. The van der Waals surface area contributed by atoms with Gasteiger partial charge in [-0.05, 0) is 53.0 Å². The third-order valence-corrected chi connectivity index (χ3v) is 3.85. The summed E-state index contributed by atoms with van der Waals surface area (Å²) >= 11 is 0. The van der Waals surface area contributed by atoms with Crippen LogP contribution < -0.4 is 15.0 Å². The Bertz CT molecular complexity index is 462. The molecule has 5 heteroatoms. The molecule has 2 rings (SSSR count). The maximum atomic E-state index is 5.24. The zero-order valence-electron chi connectivity index (χ0n) is 13.9. The molecule has 5 nitrogen and oxygen atoms in total. The molecule has 1 fully saturated rings. The number of hydrogen-bond acceptors (Lipinski definition) is 5. The van der Waals surface area contributed by atoms with E-state index < -0.39 is 0 Å². The largest absolute Gasteiger partial charge is 0.481 e. The van der Waals surface area contributed by atoms with Crippen molar-refractivity contribution in [1.82, 2.24) is 15.3 Å². The smallest absolute Gasteiger partial charge is 0.228 e. The van der Waals surface area contributed by atoms with Crippen LogP contribution in [0.5, 0.6) is 5.88 Å². The molecule has 1 aliphatic heterocycles. The summed E-state index contributed by atoms with van der Waals surface area (Å²) in [6.45, 7) is 11.8. The predicted molar refractivity (Wildman–Crippen MR) is 86.0 cm³/mol. The van der Waals surface area contributed by atoms with Gasteiger partial charge in [0.15, 0.2) is 0 Å². The fourth-order valence-electron chi connectivity index (χ4n) is 2.56. The number of aryl methyl sites for hydroxylation is 1. The van der Waals surface area contributed by atoms with Gasteiger partial charge in [0.2, 0.25) is 11.8 Å². The van der Waals surface area contributed by atoms with Gasteiger partial charge in [-0.25, -0.2) is 4.98 Å². The highest BCUT2D eigenvalue weighted by Crippen LogP contribution is 2.22. The highest BCUT2D eigenvalue weighted by atomic mass is 16.5. The number of methoxy groups -OCH3 is 1. The molecule has 0 radical (unpaired) electrons. The number of aromatic nitrogens is 2. The van der Waals surface area contributed by atoms with Crippen LogP contribution in [0.25, 0.3) is 0 Å². The summed E-state index contributed by atoms with van der Waals surface area (Å²) in [6.07, 6.45) is 2.37. The van der Waals surface area contributed by atoms with Crippen molar-refractivity contribution in [3.05, 3.63) is 11.8 Å². The Labute approximate surface area is 128 Å². The molecule has 0 aromatic carbocycles. The fraction of sp³-hybridized carbons (Fsp3) is 0.750. The first-order chi connectivity index (χ1) is 9.87. The average Bonchev–Trinajstić information content (AvgIpc) is 2.44. The number of ether oxygens (including phenoxy) is 1. The number of nitrogens with one attached hydrogen (secondary N) is 1. The number of anilines is 1. The summed E-state index contributed by atoms with van der Waals surface area (Å²) in [4.78, 5) is 11.3. The minimum absolute atomic E-state index is 0.199. The van der Waals surface area contributed by atoms with E-state index in [1.807, 2.05) is 13.0 Å². The van der Waals surface area contributed by atoms with E-state index in [0.717, 1.165) is 37.2 Å². The van der Waals surface area contributed by atoms with Crippen molar-refractivity contribution >= 4 is 5.95 Å². The molecule has 1 aromatic rings. The summed E-state index contributed by atoms with van der Waals surface area (Å²) in [5.41, 5.74) is 1.15. The lowest BCUT2D eigenvalue weighted by Crippen LogP contribution is -2.43. The second kappa shape index (κ2) is 6.60. The molecule has 118 valence electrons. The van der Waals surface area contributed by atoms with E-state index in [1.54, 1.807) is 7.11 Å². The zero-order chi connectivity index (χ0) is 15.5. The molecule has 0 aliphatic carbocycles. The van der Waals surface area contributed by atoms with Crippen LogP contribution in [0.1, 0.15) is 39.3 Å². The molecule has 0 atom stereocenters. The van der Waals surface area contributed by atoms with Gasteiger partial charge in [-0.2, -0.15) is 4.98 Å². The van der Waals surface area contributed by atoms with Crippen LogP contribution in [0.4, 0.5) is 5.95 Å². The number of hydrogen-bond donors (Lipinski definition) is 1. The molecule has 1 N–H and O–H groups in total.